The quantitative estimate of drug-likeness (QED) is 0.728. The molecule has 0 unspecified atom stereocenters. The second kappa shape index (κ2) is 7.63. The number of hydrogen-bond donors (Lipinski definition) is 1. The predicted molar refractivity (Wildman–Crippen MR) is 109 cm³/mol. The second-order valence-corrected chi connectivity index (χ2v) is 7.65. The van der Waals surface area contributed by atoms with Gasteiger partial charge in [0, 0.05) is 25.7 Å². The summed E-state index contributed by atoms with van der Waals surface area (Å²) in [6.45, 7) is 4.02. The number of aromatic amines is 1. The highest BCUT2D eigenvalue weighted by atomic mass is 16.2. The van der Waals surface area contributed by atoms with Crippen LogP contribution >= 0.6 is 0 Å². The molecule has 1 aliphatic heterocycles. The molecule has 4 rings (SSSR count). The lowest BCUT2D eigenvalue weighted by Gasteiger charge is -2.29. The summed E-state index contributed by atoms with van der Waals surface area (Å²) in [5, 5.41) is 10.7. The smallest absolute Gasteiger partial charge is 0.264 e. The Hall–Kier alpha value is -3.26. The monoisotopic (exact) mass is 392 g/mol. The van der Waals surface area contributed by atoms with E-state index in [9.17, 15) is 9.59 Å². The van der Waals surface area contributed by atoms with Gasteiger partial charge in [-0.3, -0.25) is 9.59 Å². The number of nitrogens with zero attached hydrogens (tertiary/aromatic N) is 5. The molecule has 1 aromatic carbocycles. The molecule has 0 bridgehead atoms. The SMILES string of the molecule is Cc1c(C(=O)N2CCc3cc(CN(C)C)ccc3C2)cnn1-c1ccc(=O)[nH]n1. The molecule has 3 heterocycles. The van der Waals surface area contributed by atoms with Gasteiger partial charge in [0.15, 0.2) is 5.82 Å². The zero-order valence-electron chi connectivity index (χ0n) is 16.8. The lowest BCUT2D eigenvalue weighted by molar-refractivity contribution is 0.0734. The normalized spacial score (nSPS) is 13.6. The molecule has 2 aromatic heterocycles. The zero-order chi connectivity index (χ0) is 20.5. The van der Waals surface area contributed by atoms with E-state index >= 15 is 0 Å². The number of carbonyl (C=O) groups excluding carboxylic acids is 1. The molecule has 29 heavy (non-hydrogen) atoms. The Labute approximate surface area is 168 Å². The molecule has 0 spiro atoms. The fourth-order valence-electron chi connectivity index (χ4n) is 3.72. The molecule has 0 radical (unpaired) electrons. The summed E-state index contributed by atoms with van der Waals surface area (Å²) in [5.74, 6) is 0.430. The fraction of sp³-hybridized carbons (Fsp3) is 0.333. The first-order valence-electron chi connectivity index (χ1n) is 9.58. The van der Waals surface area contributed by atoms with Crippen molar-refractivity contribution < 1.29 is 4.79 Å². The Morgan fingerprint density at radius 1 is 1.21 bits per heavy atom. The maximum atomic E-state index is 13.1. The van der Waals surface area contributed by atoms with E-state index in [1.54, 1.807) is 16.9 Å². The van der Waals surface area contributed by atoms with Gasteiger partial charge in [0.2, 0.25) is 0 Å². The van der Waals surface area contributed by atoms with Crippen molar-refractivity contribution in [3.05, 3.63) is 74.8 Å². The third-order valence-electron chi connectivity index (χ3n) is 5.19. The molecule has 0 saturated carbocycles. The van der Waals surface area contributed by atoms with Crippen molar-refractivity contribution in [2.45, 2.75) is 26.4 Å². The van der Waals surface area contributed by atoms with Gasteiger partial charge >= 0.3 is 0 Å². The van der Waals surface area contributed by atoms with E-state index in [2.05, 4.69) is 52.5 Å². The number of H-pyrrole nitrogens is 1. The Kier molecular flexibility index (Phi) is 5.02. The van der Waals surface area contributed by atoms with Gasteiger partial charge in [-0.05, 0) is 50.2 Å². The van der Waals surface area contributed by atoms with Gasteiger partial charge < -0.3 is 9.80 Å². The van der Waals surface area contributed by atoms with Crippen LogP contribution in [-0.4, -0.2) is 56.3 Å². The highest BCUT2D eigenvalue weighted by Gasteiger charge is 2.25. The van der Waals surface area contributed by atoms with Crippen LogP contribution in [0.1, 0.15) is 32.7 Å². The van der Waals surface area contributed by atoms with Crippen LogP contribution in [0.4, 0.5) is 0 Å². The van der Waals surface area contributed by atoms with Crippen molar-refractivity contribution in [1.82, 2.24) is 29.8 Å². The van der Waals surface area contributed by atoms with Crippen LogP contribution in [0.5, 0.6) is 0 Å². The Morgan fingerprint density at radius 2 is 2.03 bits per heavy atom. The van der Waals surface area contributed by atoms with E-state index in [0.717, 1.165) is 13.0 Å². The first-order chi connectivity index (χ1) is 13.9. The molecule has 8 heteroatoms. The lowest BCUT2D eigenvalue weighted by atomic mass is 9.96. The number of benzene rings is 1. The molecule has 1 N–H and O–H groups in total. The highest BCUT2D eigenvalue weighted by Crippen LogP contribution is 2.23. The minimum atomic E-state index is -0.282. The van der Waals surface area contributed by atoms with Crippen molar-refractivity contribution in [2.24, 2.45) is 0 Å². The van der Waals surface area contributed by atoms with Gasteiger partial charge in [-0.2, -0.15) is 10.2 Å². The maximum absolute atomic E-state index is 13.1. The average molecular weight is 392 g/mol. The topological polar surface area (TPSA) is 87.1 Å². The van der Waals surface area contributed by atoms with E-state index in [0.29, 0.717) is 30.2 Å². The van der Waals surface area contributed by atoms with E-state index in [-0.39, 0.29) is 11.5 Å². The van der Waals surface area contributed by atoms with Gasteiger partial charge in [-0.15, -0.1) is 0 Å². The van der Waals surface area contributed by atoms with Gasteiger partial charge in [-0.1, -0.05) is 18.2 Å². The predicted octanol–water partition coefficient (Wildman–Crippen LogP) is 1.52. The number of hydrogen-bond acceptors (Lipinski definition) is 5. The molecule has 3 aromatic rings. The summed E-state index contributed by atoms with van der Waals surface area (Å²) in [6, 6.07) is 9.49. The number of fused-ring (bicyclic) bond motifs is 1. The summed E-state index contributed by atoms with van der Waals surface area (Å²) in [7, 11) is 4.12. The zero-order valence-corrected chi connectivity index (χ0v) is 16.8. The molecule has 0 atom stereocenters. The molecule has 150 valence electrons. The van der Waals surface area contributed by atoms with Crippen LogP contribution in [-0.2, 0) is 19.5 Å². The highest BCUT2D eigenvalue weighted by molar-refractivity contribution is 5.95. The summed E-state index contributed by atoms with van der Waals surface area (Å²) in [5.41, 5.74) is 4.76. The fourth-order valence-corrected chi connectivity index (χ4v) is 3.72. The Bertz CT molecular complexity index is 1090. The van der Waals surface area contributed by atoms with Crippen molar-refractivity contribution in [3.8, 4) is 5.82 Å². The van der Waals surface area contributed by atoms with E-state index in [1.807, 2.05) is 11.8 Å². The first-order valence-corrected chi connectivity index (χ1v) is 9.58. The lowest BCUT2D eigenvalue weighted by Crippen LogP contribution is -2.36. The molecule has 1 aliphatic rings. The third-order valence-corrected chi connectivity index (χ3v) is 5.19. The van der Waals surface area contributed by atoms with Crippen LogP contribution < -0.4 is 5.56 Å². The van der Waals surface area contributed by atoms with Crippen molar-refractivity contribution in [2.75, 3.05) is 20.6 Å². The summed E-state index contributed by atoms with van der Waals surface area (Å²) in [6.07, 6.45) is 2.41. The molecule has 0 saturated heterocycles. The number of nitrogens with one attached hydrogen (secondary N) is 1. The number of carbonyl (C=O) groups is 1. The van der Waals surface area contributed by atoms with Gasteiger partial charge in [0.1, 0.15) is 0 Å². The van der Waals surface area contributed by atoms with Crippen molar-refractivity contribution in [3.63, 3.8) is 0 Å². The van der Waals surface area contributed by atoms with Crippen LogP contribution in [0, 0.1) is 6.92 Å². The first kappa shape index (κ1) is 19.1. The average Bonchev–Trinajstić information content (AvgIpc) is 3.08. The standard InChI is InChI=1S/C21H24N6O2/c1-14-18(11-22-27(14)19-6-7-20(28)24-23-19)21(29)26-9-8-16-10-15(12-25(2)3)4-5-17(16)13-26/h4-7,10-11H,8-9,12-13H2,1-3H3,(H,24,28). The molecule has 0 fully saturated rings. The van der Waals surface area contributed by atoms with E-state index in [1.165, 1.54) is 22.8 Å². The number of amides is 1. The van der Waals surface area contributed by atoms with Gasteiger partial charge in [-0.25, -0.2) is 9.78 Å². The van der Waals surface area contributed by atoms with Crippen LogP contribution in [0.15, 0.2) is 41.3 Å². The third kappa shape index (κ3) is 3.84. The van der Waals surface area contributed by atoms with E-state index in [4.69, 9.17) is 0 Å². The van der Waals surface area contributed by atoms with Crippen LogP contribution in [0.2, 0.25) is 0 Å². The minimum absolute atomic E-state index is 0.0406. The molecule has 0 aliphatic carbocycles. The maximum Gasteiger partial charge on any atom is 0.264 e. The molecule has 8 nitrogen and oxygen atoms in total. The Morgan fingerprint density at radius 3 is 2.76 bits per heavy atom. The summed E-state index contributed by atoms with van der Waals surface area (Å²) >= 11 is 0. The molecular weight excluding hydrogens is 368 g/mol. The van der Waals surface area contributed by atoms with Crippen LogP contribution in [0.25, 0.3) is 5.82 Å². The summed E-state index contributed by atoms with van der Waals surface area (Å²) in [4.78, 5) is 28.4. The van der Waals surface area contributed by atoms with E-state index < -0.39 is 0 Å². The van der Waals surface area contributed by atoms with Gasteiger partial charge in [0.25, 0.3) is 11.5 Å². The van der Waals surface area contributed by atoms with Crippen LogP contribution in [0.3, 0.4) is 0 Å². The summed E-state index contributed by atoms with van der Waals surface area (Å²) < 4.78 is 1.56. The second-order valence-electron chi connectivity index (χ2n) is 7.65. The number of aromatic nitrogens is 4. The Balaban J connectivity index is 1.54. The largest absolute Gasteiger partial charge is 0.334 e. The molecule has 1 amide bonds. The minimum Gasteiger partial charge on any atom is -0.334 e. The number of rotatable bonds is 4. The van der Waals surface area contributed by atoms with Crippen molar-refractivity contribution >= 4 is 5.91 Å². The van der Waals surface area contributed by atoms with Gasteiger partial charge in [0.05, 0.1) is 17.5 Å². The van der Waals surface area contributed by atoms with Crippen molar-refractivity contribution in [1.29, 1.82) is 0 Å². The molecular formula is C21H24N6O2.